The number of nitrogens with zero attached hydrogens (tertiary/aromatic N) is 1. The highest BCUT2D eigenvalue weighted by molar-refractivity contribution is 7.80. The number of hydrogen-bond acceptors (Lipinski definition) is 3. The summed E-state index contributed by atoms with van der Waals surface area (Å²) in [5, 5.41) is 0. The smallest absolute Gasteiger partial charge is 0.122 e. The van der Waals surface area contributed by atoms with E-state index in [-0.39, 0.29) is 0 Å². The van der Waals surface area contributed by atoms with Gasteiger partial charge in [0.05, 0.1) is 25.3 Å². The Morgan fingerprint density at radius 3 is 2.78 bits per heavy atom. The molecule has 0 aromatic heterocycles. The van der Waals surface area contributed by atoms with Gasteiger partial charge in [-0.1, -0.05) is 29.9 Å². The highest BCUT2D eigenvalue weighted by Gasteiger charge is 2.15. The third-order valence-corrected chi connectivity index (χ3v) is 3.54. The Kier molecular flexibility index (Phi) is 4.55. The molecule has 98 valence electrons. The van der Waals surface area contributed by atoms with Gasteiger partial charge in [-0.2, -0.15) is 0 Å². The van der Waals surface area contributed by atoms with Crippen molar-refractivity contribution in [1.82, 2.24) is 4.90 Å². The lowest BCUT2D eigenvalue weighted by Gasteiger charge is -2.29. The lowest BCUT2D eigenvalue weighted by molar-refractivity contribution is 0.0684. The third-order valence-electron chi connectivity index (χ3n) is 3.14. The van der Waals surface area contributed by atoms with Crippen LogP contribution in [-0.2, 0) is 11.2 Å². The van der Waals surface area contributed by atoms with Crippen molar-refractivity contribution in [2.24, 2.45) is 0 Å². The first-order valence-corrected chi connectivity index (χ1v) is 6.60. The number of ether oxygens (including phenoxy) is 2. The summed E-state index contributed by atoms with van der Waals surface area (Å²) in [6, 6.07) is 6.21. The molecule has 0 unspecified atom stereocenters. The van der Waals surface area contributed by atoms with Crippen molar-refractivity contribution >= 4 is 17.2 Å². The summed E-state index contributed by atoms with van der Waals surface area (Å²) in [6.07, 6.45) is 0.764. The minimum absolute atomic E-state index is 0.764. The van der Waals surface area contributed by atoms with Gasteiger partial charge in [0.15, 0.2) is 0 Å². The zero-order valence-corrected chi connectivity index (χ0v) is 11.8. The first-order chi connectivity index (χ1) is 8.70. The summed E-state index contributed by atoms with van der Waals surface area (Å²) in [7, 11) is 1.70. The van der Waals surface area contributed by atoms with Crippen molar-refractivity contribution in [3.63, 3.8) is 0 Å². The van der Waals surface area contributed by atoms with Gasteiger partial charge in [-0.05, 0) is 13.0 Å². The van der Waals surface area contributed by atoms with Crippen molar-refractivity contribution in [2.75, 3.05) is 33.4 Å². The van der Waals surface area contributed by atoms with E-state index in [9.17, 15) is 0 Å². The van der Waals surface area contributed by atoms with Gasteiger partial charge in [0, 0.05) is 25.1 Å². The Morgan fingerprint density at radius 1 is 1.39 bits per heavy atom. The molecule has 0 bridgehead atoms. The summed E-state index contributed by atoms with van der Waals surface area (Å²) in [4.78, 5) is 3.20. The quantitative estimate of drug-likeness (QED) is 0.781. The van der Waals surface area contributed by atoms with Crippen LogP contribution in [0.1, 0.15) is 11.1 Å². The van der Waals surface area contributed by atoms with Gasteiger partial charge >= 0.3 is 0 Å². The van der Waals surface area contributed by atoms with Crippen LogP contribution in [-0.4, -0.2) is 43.3 Å². The molecule has 1 heterocycles. The molecule has 1 aliphatic rings. The lowest BCUT2D eigenvalue weighted by Crippen LogP contribution is -2.40. The molecule has 0 atom stereocenters. The van der Waals surface area contributed by atoms with Crippen molar-refractivity contribution in [2.45, 2.75) is 13.3 Å². The van der Waals surface area contributed by atoms with Crippen molar-refractivity contribution in [3.8, 4) is 5.75 Å². The zero-order valence-electron chi connectivity index (χ0n) is 10.9. The number of aryl methyl sites for hydroxylation is 1. The minimum atomic E-state index is 0.764. The van der Waals surface area contributed by atoms with E-state index in [0.717, 1.165) is 49.0 Å². The van der Waals surface area contributed by atoms with E-state index in [1.807, 2.05) is 6.07 Å². The molecule has 0 spiro atoms. The van der Waals surface area contributed by atoms with Crippen LogP contribution in [0, 0.1) is 6.92 Å². The Bertz CT molecular complexity index is 428. The average molecular weight is 265 g/mol. The molecule has 18 heavy (non-hydrogen) atoms. The number of morpholine rings is 1. The Balaban J connectivity index is 2.07. The molecule has 0 amide bonds. The SMILES string of the molecule is COc1ccc(C)cc1CC(=S)N1CCOCC1. The molecule has 2 rings (SSSR count). The molecule has 1 fully saturated rings. The number of methoxy groups -OCH3 is 1. The Hall–Kier alpha value is -1.13. The van der Waals surface area contributed by atoms with Crippen LogP contribution in [0.4, 0.5) is 0 Å². The summed E-state index contributed by atoms with van der Waals surface area (Å²) >= 11 is 5.52. The highest BCUT2D eigenvalue weighted by Crippen LogP contribution is 2.21. The number of hydrogen-bond donors (Lipinski definition) is 0. The third kappa shape index (κ3) is 3.21. The Labute approximate surface area is 114 Å². The van der Waals surface area contributed by atoms with E-state index in [1.165, 1.54) is 5.56 Å². The van der Waals surface area contributed by atoms with Gasteiger partial charge in [-0.3, -0.25) is 0 Å². The summed E-state index contributed by atoms with van der Waals surface area (Å²) in [5.41, 5.74) is 2.39. The van der Waals surface area contributed by atoms with Crippen LogP contribution in [0.25, 0.3) is 0 Å². The highest BCUT2D eigenvalue weighted by atomic mass is 32.1. The maximum absolute atomic E-state index is 5.52. The summed E-state index contributed by atoms with van der Waals surface area (Å²) in [5.74, 6) is 0.913. The number of thiocarbonyl (C=S) groups is 1. The van der Waals surface area contributed by atoms with E-state index in [2.05, 4.69) is 24.0 Å². The largest absolute Gasteiger partial charge is 0.496 e. The molecule has 1 aromatic rings. The molecule has 1 aliphatic heterocycles. The topological polar surface area (TPSA) is 21.7 Å². The van der Waals surface area contributed by atoms with Crippen LogP contribution in [0.2, 0.25) is 0 Å². The zero-order chi connectivity index (χ0) is 13.0. The van der Waals surface area contributed by atoms with Crippen molar-refractivity contribution < 1.29 is 9.47 Å². The summed E-state index contributed by atoms with van der Waals surface area (Å²) in [6.45, 7) is 5.41. The Morgan fingerprint density at radius 2 is 2.11 bits per heavy atom. The fourth-order valence-electron chi connectivity index (χ4n) is 2.13. The van der Waals surface area contributed by atoms with Gasteiger partial charge in [-0.15, -0.1) is 0 Å². The fourth-order valence-corrected chi connectivity index (χ4v) is 2.47. The van der Waals surface area contributed by atoms with Crippen LogP contribution in [0.5, 0.6) is 5.75 Å². The van der Waals surface area contributed by atoms with Gasteiger partial charge in [0.2, 0.25) is 0 Å². The predicted octanol–water partition coefficient (Wildman–Crippen LogP) is 2.21. The van der Waals surface area contributed by atoms with Gasteiger partial charge < -0.3 is 14.4 Å². The molecule has 1 aromatic carbocycles. The number of rotatable bonds is 3. The van der Waals surface area contributed by atoms with Gasteiger partial charge in [0.1, 0.15) is 5.75 Å². The first-order valence-electron chi connectivity index (χ1n) is 6.20. The molecular weight excluding hydrogens is 246 g/mol. The van der Waals surface area contributed by atoms with E-state index >= 15 is 0 Å². The molecule has 0 saturated carbocycles. The second-order valence-corrected chi connectivity index (χ2v) is 4.96. The second-order valence-electron chi connectivity index (χ2n) is 4.49. The standard InChI is InChI=1S/C14H19NO2S/c1-11-3-4-13(16-2)12(9-11)10-14(18)15-5-7-17-8-6-15/h3-4,9H,5-8,10H2,1-2H3. The minimum Gasteiger partial charge on any atom is -0.496 e. The van der Waals surface area contributed by atoms with Crippen LogP contribution >= 0.6 is 12.2 Å². The molecule has 0 aliphatic carbocycles. The fraction of sp³-hybridized carbons (Fsp3) is 0.500. The maximum Gasteiger partial charge on any atom is 0.122 e. The maximum atomic E-state index is 5.52. The van der Waals surface area contributed by atoms with Crippen LogP contribution in [0.3, 0.4) is 0 Å². The van der Waals surface area contributed by atoms with Crippen molar-refractivity contribution in [1.29, 1.82) is 0 Å². The monoisotopic (exact) mass is 265 g/mol. The average Bonchev–Trinajstić information content (AvgIpc) is 2.40. The molecule has 4 heteroatoms. The molecule has 3 nitrogen and oxygen atoms in total. The van der Waals surface area contributed by atoms with E-state index in [1.54, 1.807) is 7.11 Å². The van der Waals surface area contributed by atoms with Gasteiger partial charge in [0.25, 0.3) is 0 Å². The van der Waals surface area contributed by atoms with E-state index < -0.39 is 0 Å². The molecule has 0 radical (unpaired) electrons. The molecule has 0 N–H and O–H groups in total. The normalized spacial score (nSPS) is 15.6. The lowest BCUT2D eigenvalue weighted by atomic mass is 10.1. The summed E-state index contributed by atoms with van der Waals surface area (Å²) < 4.78 is 10.7. The molecular formula is C14H19NO2S. The number of benzene rings is 1. The van der Waals surface area contributed by atoms with Crippen LogP contribution in [0.15, 0.2) is 18.2 Å². The predicted molar refractivity (Wildman–Crippen MR) is 76.4 cm³/mol. The molecule has 1 saturated heterocycles. The van der Waals surface area contributed by atoms with Crippen LogP contribution < -0.4 is 4.74 Å². The second kappa shape index (κ2) is 6.16. The van der Waals surface area contributed by atoms with E-state index in [0.29, 0.717) is 0 Å². The van der Waals surface area contributed by atoms with E-state index in [4.69, 9.17) is 21.7 Å². The van der Waals surface area contributed by atoms with Gasteiger partial charge in [-0.25, -0.2) is 0 Å². The van der Waals surface area contributed by atoms with Crippen molar-refractivity contribution in [3.05, 3.63) is 29.3 Å². The first kappa shape index (κ1) is 13.3.